The number of halogens is 4. The molecule has 1 amide bonds. The third kappa shape index (κ3) is 7.58. The first-order chi connectivity index (χ1) is 18.2. The number of aliphatic carboxylic acids is 1. The van der Waals surface area contributed by atoms with E-state index in [4.69, 9.17) is 21.0 Å². The smallest absolute Gasteiger partial charge is 0.475 e. The maximum atomic E-state index is 14.2. The zero-order valence-corrected chi connectivity index (χ0v) is 21.4. The van der Waals surface area contributed by atoms with E-state index in [1.807, 2.05) is 6.07 Å². The average Bonchev–Trinajstić information content (AvgIpc) is 3.49. The highest BCUT2D eigenvalue weighted by Gasteiger charge is 2.38. The lowest BCUT2D eigenvalue weighted by Gasteiger charge is -2.18. The molecule has 0 unspecified atom stereocenters. The Balaban J connectivity index is 0.000000532. The Morgan fingerprint density at radius 3 is 2.54 bits per heavy atom. The summed E-state index contributed by atoms with van der Waals surface area (Å²) in [5.41, 5.74) is 6.83. The van der Waals surface area contributed by atoms with Crippen LogP contribution in [0.25, 0.3) is 10.4 Å². The fraction of sp³-hybridized carbons (Fsp3) is 0.217. The molecule has 2 aromatic heterocycles. The Bertz CT molecular complexity index is 1480. The van der Waals surface area contributed by atoms with Gasteiger partial charge in [0.2, 0.25) is 5.91 Å². The maximum absolute atomic E-state index is 14.2. The topological polar surface area (TPSA) is 167 Å². The van der Waals surface area contributed by atoms with Gasteiger partial charge in [0.05, 0.1) is 0 Å². The fourth-order valence-electron chi connectivity index (χ4n) is 3.45. The number of benzene rings is 1. The maximum Gasteiger partial charge on any atom is 0.490 e. The molecule has 4 rings (SSSR count). The van der Waals surface area contributed by atoms with E-state index in [1.165, 1.54) is 29.2 Å². The highest BCUT2D eigenvalue weighted by molar-refractivity contribution is 7.91. The standard InChI is InChI=1S/C21H20FN5O3S2.C2HF3O2/c22-16-4-3-13(20(23)24)10-15(16)12-27-9-7-17(21(27)28)26-32(29,30)19-6-5-18(31-19)14-2-1-8-25-11-14;3-2(4,5)1(6)7/h1-6,8,10-11,17,26H,7,9,12H2,(H3,23,24);(H,6,7)/t17-;/m0./s1. The van der Waals surface area contributed by atoms with Crippen LogP contribution in [0, 0.1) is 11.2 Å². The minimum absolute atomic E-state index is 0.0336. The first-order valence-corrected chi connectivity index (χ1v) is 13.2. The van der Waals surface area contributed by atoms with E-state index in [0.717, 1.165) is 21.8 Å². The van der Waals surface area contributed by atoms with Gasteiger partial charge in [-0.05, 0) is 42.8 Å². The van der Waals surface area contributed by atoms with Gasteiger partial charge in [-0.1, -0.05) is 6.07 Å². The molecular weight excluding hydrogens is 566 g/mol. The summed E-state index contributed by atoms with van der Waals surface area (Å²) in [6.07, 6.45) is -1.53. The Morgan fingerprint density at radius 1 is 1.26 bits per heavy atom. The number of sulfonamides is 1. The van der Waals surface area contributed by atoms with Crippen molar-refractivity contribution in [1.29, 1.82) is 5.41 Å². The zero-order chi connectivity index (χ0) is 29.0. The van der Waals surface area contributed by atoms with Crippen LogP contribution < -0.4 is 10.5 Å². The Labute approximate surface area is 223 Å². The number of nitrogens with two attached hydrogens (primary N) is 1. The van der Waals surface area contributed by atoms with Crippen molar-refractivity contribution in [3.05, 3.63) is 71.8 Å². The number of aromatic nitrogens is 1. The minimum atomic E-state index is -5.08. The first-order valence-electron chi connectivity index (χ1n) is 10.9. The van der Waals surface area contributed by atoms with Gasteiger partial charge in [-0.3, -0.25) is 15.2 Å². The number of carbonyl (C=O) groups excluding carboxylic acids is 1. The molecule has 5 N–H and O–H groups in total. The van der Waals surface area contributed by atoms with Crippen LogP contribution in [0.3, 0.4) is 0 Å². The van der Waals surface area contributed by atoms with Gasteiger partial charge in [-0.15, -0.1) is 11.3 Å². The molecule has 0 spiro atoms. The molecule has 3 heterocycles. The van der Waals surface area contributed by atoms with Gasteiger partial charge >= 0.3 is 12.1 Å². The van der Waals surface area contributed by atoms with Gasteiger partial charge in [0.25, 0.3) is 10.0 Å². The second-order valence-corrected chi connectivity index (χ2v) is 11.1. The van der Waals surface area contributed by atoms with Crippen molar-refractivity contribution in [2.75, 3.05) is 6.54 Å². The largest absolute Gasteiger partial charge is 0.490 e. The number of rotatable bonds is 7. The SMILES string of the molecule is N=C(N)c1ccc(F)c(CN2CC[C@H](NS(=O)(=O)c3ccc(-c4cccnc4)s3)C2=O)c1.O=C(O)C(F)(F)F. The highest BCUT2D eigenvalue weighted by atomic mass is 32.2. The number of carbonyl (C=O) groups is 2. The van der Waals surface area contributed by atoms with E-state index >= 15 is 0 Å². The number of hydrogen-bond acceptors (Lipinski definition) is 7. The molecule has 10 nitrogen and oxygen atoms in total. The molecule has 1 aliphatic heterocycles. The predicted octanol–water partition coefficient (Wildman–Crippen LogP) is 2.95. The normalized spacial score (nSPS) is 15.5. The second-order valence-electron chi connectivity index (χ2n) is 8.11. The number of carboxylic acids is 1. The molecule has 3 aromatic rings. The zero-order valence-electron chi connectivity index (χ0n) is 19.8. The van der Waals surface area contributed by atoms with Crippen LogP contribution >= 0.6 is 11.3 Å². The van der Waals surface area contributed by atoms with Gasteiger partial charge in [0, 0.05) is 47.1 Å². The summed E-state index contributed by atoms with van der Waals surface area (Å²) in [5, 5.41) is 14.6. The Kier molecular flexibility index (Phi) is 9.03. The monoisotopic (exact) mass is 587 g/mol. The number of likely N-dealkylation sites (tertiary alicyclic amines) is 1. The van der Waals surface area contributed by atoms with Gasteiger partial charge in [-0.25, -0.2) is 17.6 Å². The fourth-order valence-corrected chi connectivity index (χ4v) is 5.98. The molecule has 0 bridgehead atoms. The molecule has 0 radical (unpaired) electrons. The number of amidine groups is 1. The van der Waals surface area contributed by atoms with Crippen molar-refractivity contribution >= 4 is 39.1 Å². The summed E-state index contributed by atoms with van der Waals surface area (Å²) in [5.74, 6) is -3.91. The second kappa shape index (κ2) is 11.9. The molecule has 0 saturated carbocycles. The lowest BCUT2D eigenvalue weighted by Crippen LogP contribution is -2.41. The molecule has 16 heteroatoms. The van der Waals surface area contributed by atoms with E-state index in [1.54, 1.807) is 24.5 Å². The van der Waals surface area contributed by atoms with Gasteiger partial charge in [0.15, 0.2) is 0 Å². The van der Waals surface area contributed by atoms with E-state index in [0.29, 0.717) is 5.56 Å². The summed E-state index contributed by atoms with van der Waals surface area (Å²) in [6.45, 7) is 0.245. The summed E-state index contributed by atoms with van der Waals surface area (Å²) < 4.78 is 74.2. The number of hydrogen-bond donors (Lipinski definition) is 4. The van der Waals surface area contributed by atoms with Gasteiger partial charge in [0.1, 0.15) is 21.9 Å². The van der Waals surface area contributed by atoms with Crippen LogP contribution in [0.4, 0.5) is 17.6 Å². The summed E-state index contributed by atoms with van der Waals surface area (Å²) in [4.78, 5) is 27.9. The van der Waals surface area contributed by atoms with Crippen molar-refractivity contribution in [1.82, 2.24) is 14.6 Å². The number of carboxylic acid groups (broad SMARTS) is 1. The van der Waals surface area contributed by atoms with Crippen LogP contribution in [0.5, 0.6) is 0 Å². The van der Waals surface area contributed by atoms with Crippen LogP contribution in [-0.2, 0) is 26.2 Å². The van der Waals surface area contributed by atoms with Crippen molar-refractivity contribution in [3.63, 3.8) is 0 Å². The van der Waals surface area contributed by atoms with E-state index < -0.39 is 39.9 Å². The van der Waals surface area contributed by atoms with Crippen molar-refractivity contribution < 1.29 is 40.7 Å². The lowest BCUT2D eigenvalue weighted by molar-refractivity contribution is -0.192. The average molecular weight is 588 g/mol. The third-order valence-electron chi connectivity index (χ3n) is 5.35. The van der Waals surface area contributed by atoms with Crippen LogP contribution in [0.15, 0.2) is 59.1 Å². The minimum Gasteiger partial charge on any atom is -0.475 e. The van der Waals surface area contributed by atoms with Gasteiger partial charge in [-0.2, -0.15) is 17.9 Å². The predicted molar refractivity (Wildman–Crippen MR) is 133 cm³/mol. The molecule has 1 atom stereocenters. The van der Waals surface area contributed by atoms with E-state index in [-0.39, 0.29) is 35.1 Å². The molecule has 39 heavy (non-hydrogen) atoms. The number of nitrogens with zero attached hydrogens (tertiary/aromatic N) is 2. The van der Waals surface area contributed by atoms with Crippen molar-refractivity contribution in [3.8, 4) is 10.4 Å². The molecule has 1 aromatic carbocycles. The van der Waals surface area contributed by atoms with Crippen LogP contribution in [-0.4, -0.2) is 59.9 Å². The Morgan fingerprint density at radius 2 is 1.95 bits per heavy atom. The Hall–Kier alpha value is -3.89. The molecule has 208 valence electrons. The van der Waals surface area contributed by atoms with Crippen molar-refractivity contribution in [2.24, 2.45) is 5.73 Å². The molecular formula is C23H21F4N5O5S2. The van der Waals surface area contributed by atoms with E-state index in [2.05, 4.69) is 9.71 Å². The molecule has 1 fully saturated rings. The number of nitrogen functional groups attached to an aromatic ring is 1. The van der Waals surface area contributed by atoms with Crippen molar-refractivity contribution in [2.45, 2.75) is 29.4 Å². The number of alkyl halides is 3. The molecule has 0 aliphatic carbocycles. The number of nitrogens with one attached hydrogen (secondary N) is 2. The molecule has 1 aliphatic rings. The first kappa shape index (κ1) is 29.7. The molecule has 1 saturated heterocycles. The quantitative estimate of drug-likeness (QED) is 0.187. The summed E-state index contributed by atoms with van der Waals surface area (Å²) in [6, 6.07) is 9.88. The van der Waals surface area contributed by atoms with Crippen LogP contribution in [0.2, 0.25) is 0 Å². The number of pyridine rings is 1. The van der Waals surface area contributed by atoms with Crippen LogP contribution in [0.1, 0.15) is 17.5 Å². The highest BCUT2D eigenvalue weighted by Crippen LogP contribution is 2.30. The lowest BCUT2D eigenvalue weighted by atomic mass is 10.1. The number of thiophene rings is 1. The third-order valence-corrected chi connectivity index (χ3v) is 8.45. The van der Waals surface area contributed by atoms with E-state index in [9.17, 15) is 30.8 Å². The summed E-state index contributed by atoms with van der Waals surface area (Å²) >= 11 is 1.09. The number of amides is 1. The van der Waals surface area contributed by atoms with Gasteiger partial charge < -0.3 is 15.7 Å². The summed E-state index contributed by atoms with van der Waals surface area (Å²) in [7, 11) is -3.90.